The number of hydrogen-bond donors (Lipinski definition) is 2. The lowest BCUT2D eigenvalue weighted by molar-refractivity contribution is -0.118. The molecule has 24 heavy (non-hydrogen) atoms. The Kier molecular flexibility index (Phi) is 6.13. The number of rotatable bonds is 6. The summed E-state index contributed by atoms with van der Waals surface area (Å²) in [5.41, 5.74) is 2.46. The second-order valence-corrected chi connectivity index (χ2v) is 6.02. The number of amides is 2. The summed E-state index contributed by atoms with van der Waals surface area (Å²) in [6.07, 6.45) is 0.925. The first kappa shape index (κ1) is 17.7. The normalized spacial score (nSPS) is 13.0. The number of carbonyl (C=O) groups is 2. The van der Waals surface area contributed by atoms with Crippen molar-refractivity contribution in [2.24, 2.45) is 5.92 Å². The monoisotopic (exact) mass is 324 g/mol. The summed E-state index contributed by atoms with van der Waals surface area (Å²) in [5.74, 6) is -0.0761. The molecule has 4 nitrogen and oxygen atoms in total. The van der Waals surface area contributed by atoms with E-state index in [4.69, 9.17) is 0 Å². The molecule has 0 aliphatic carbocycles. The van der Waals surface area contributed by atoms with E-state index in [-0.39, 0.29) is 23.7 Å². The lowest BCUT2D eigenvalue weighted by atomic mass is 9.85. The molecule has 2 rings (SSSR count). The van der Waals surface area contributed by atoms with Crippen molar-refractivity contribution in [3.8, 4) is 0 Å². The van der Waals surface area contributed by atoms with Crippen LogP contribution in [-0.4, -0.2) is 11.8 Å². The van der Waals surface area contributed by atoms with Gasteiger partial charge < -0.3 is 10.6 Å². The van der Waals surface area contributed by atoms with Gasteiger partial charge in [-0.05, 0) is 35.7 Å². The van der Waals surface area contributed by atoms with Crippen LogP contribution < -0.4 is 10.6 Å². The van der Waals surface area contributed by atoms with E-state index in [1.807, 2.05) is 30.3 Å². The zero-order chi connectivity index (χ0) is 17.5. The molecule has 0 saturated heterocycles. The first-order valence-electron chi connectivity index (χ1n) is 8.24. The van der Waals surface area contributed by atoms with Crippen LogP contribution in [0.3, 0.4) is 0 Å². The van der Waals surface area contributed by atoms with E-state index in [1.54, 1.807) is 24.3 Å². The molecule has 0 aromatic heterocycles. The van der Waals surface area contributed by atoms with Crippen molar-refractivity contribution in [3.63, 3.8) is 0 Å². The first-order valence-corrected chi connectivity index (χ1v) is 8.24. The van der Waals surface area contributed by atoms with Crippen molar-refractivity contribution in [2.75, 3.05) is 10.6 Å². The van der Waals surface area contributed by atoms with Crippen LogP contribution in [-0.2, 0) is 9.59 Å². The van der Waals surface area contributed by atoms with Crippen LogP contribution in [0.4, 0.5) is 11.4 Å². The molecule has 2 amide bonds. The van der Waals surface area contributed by atoms with E-state index in [9.17, 15) is 9.59 Å². The molecular weight excluding hydrogens is 300 g/mol. The summed E-state index contributed by atoms with van der Waals surface area (Å²) in [4.78, 5) is 23.8. The Morgan fingerprint density at radius 1 is 0.917 bits per heavy atom. The van der Waals surface area contributed by atoms with Crippen LogP contribution in [0.5, 0.6) is 0 Å². The van der Waals surface area contributed by atoms with Crippen molar-refractivity contribution < 1.29 is 9.59 Å². The average Bonchev–Trinajstić information content (AvgIpc) is 2.57. The summed E-state index contributed by atoms with van der Waals surface area (Å²) < 4.78 is 0. The maximum absolute atomic E-state index is 12.8. The molecule has 4 heteroatoms. The molecule has 0 unspecified atom stereocenters. The van der Waals surface area contributed by atoms with Gasteiger partial charge in [0.25, 0.3) is 0 Å². The largest absolute Gasteiger partial charge is 0.326 e. The Bertz CT molecular complexity index is 681. The highest BCUT2D eigenvalue weighted by Crippen LogP contribution is 2.28. The molecule has 0 fully saturated rings. The van der Waals surface area contributed by atoms with Gasteiger partial charge in [-0.15, -0.1) is 0 Å². The Balaban J connectivity index is 2.14. The lowest BCUT2D eigenvalue weighted by Crippen LogP contribution is -2.26. The maximum atomic E-state index is 12.8. The third-order valence-corrected chi connectivity index (χ3v) is 4.13. The number of hydrogen-bond acceptors (Lipinski definition) is 2. The summed E-state index contributed by atoms with van der Waals surface area (Å²) in [7, 11) is 0. The molecule has 0 heterocycles. The number of benzene rings is 2. The van der Waals surface area contributed by atoms with Crippen molar-refractivity contribution in [2.45, 2.75) is 33.1 Å². The van der Waals surface area contributed by atoms with E-state index in [2.05, 4.69) is 24.5 Å². The first-order chi connectivity index (χ1) is 11.5. The van der Waals surface area contributed by atoms with Crippen LogP contribution in [0.25, 0.3) is 0 Å². The van der Waals surface area contributed by atoms with E-state index < -0.39 is 0 Å². The maximum Gasteiger partial charge on any atom is 0.232 e. The summed E-state index contributed by atoms with van der Waals surface area (Å²) in [6, 6.07) is 17.0. The molecule has 0 aliphatic heterocycles. The van der Waals surface area contributed by atoms with Gasteiger partial charge in [-0.25, -0.2) is 0 Å². The average molecular weight is 324 g/mol. The van der Waals surface area contributed by atoms with Gasteiger partial charge in [0.05, 0.1) is 5.92 Å². The molecule has 0 saturated carbocycles. The molecular formula is C20H24N2O2. The van der Waals surface area contributed by atoms with Gasteiger partial charge in [-0.3, -0.25) is 9.59 Å². The minimum Gasteiger partial charge on any atom is -0.326 e. The number of carbonyl (C=O) groups excluding carboxylic acids is 2. The Labute approximate surface area is 143 Å². The van der Waals surface area contributed by atoms with Crippen molar-refractivity contribution in [1.82, 2.24) is 0 Å². The summed E-state index contributed by atoms with van der Waals surface area (Å²) in [6.45, 7) is 5.65. The van der Waals surface area contributed by atoms with Crippen molar-refractivity contribution in [1.29, 1.82) is 0 Å². The minimum atomic E-state index is -0.189. The standard InChI is InChI=1S/C20H24N2O2/c1-4-14(2)19(16-8-6-5-7-9-16)20(24)22-18-12-10-17(11-13-18)21-15(3)23/h5-14,19H,4H2,1-3H3,(H,21,23)(H,22,24)/t14-,19+/m1/s1. The summed E-state index contributed by atoms with van der Waals surface area (Å²) in [5, 5.41) is 5.69. The van der Waals surface area contributed by atoms with Gasteiger partial charge in [-0.2, -0.15) is 0 Å². The van der Waals surface area contributed by atoms with E-state index >= 15 is 0 Å². The Morgan fingerprint density at radius 2 is 1.46 bits per heavy atom. The van der Waals surface area contributed by atoms with Gasteiger partial charge in [0.15, 0.2) is 0 Å². The highest BCUT2D eigenvalue weighted by molar-refractivity contribution is 5.96. The third-order valence-electron chi connectivity index (χ3n) is 4.13. The van der Waals surface area contributed by atoms with Gasteiger partial charge in [0.1, 0.15) is 0 Å². The Morgan fingerprint density at radius 3 is 1.96 bits per heavy atom. The van der Waals surface area contributed by atoms with Crippen LogP contribution in [0.1, 0.15) is 38.7 Å². The molecule has 0 radical (unpaired) electrons. The molecule has 2 N–H and O–H groups in total. The number of nitrogens with one attached hydrogen (secondary N) is 2. The van der Waals surface area contributed by atoms with Gasteiger partial charge >= 0.3 is 0 Å². The SMILES string of the molecule is CC[C@@H](C)[C@H](C(=O)Nc1ccc(NC(C)=O)cc1)c1ccccc1. The van der Waals surface area contributed by atoms with Gasteiger partial charge in [0.2, 0.25) is 11.8 Å². The molecule has 126 valence electrons. The molecule has 2 aromatic carbocycles. The van der Waals surface area contributed by atoms with Gasteiger partial charge in [0, 0.05) is 18.3 Å². The summed E-state index contributed by atoms with van der Waals surface area (Å²) >= 11 is 0. The van der Waals surface area contributed by atoms with Crippen LogP contribution in [0.15, 0.2) is 54.6 Å². The Hall–Kier alpha value is -2.62. The molecule has 0 bridgehead atoms. The van der Waals surface area contributed by atoms with Crippen molar-refractivity contribution in [3.05, 3.63) is 60.2 Å². The lowest BCUT2D eigenvalue weighted by Gasteiger charge is -2.23. The highest BCUT2D eigenvalue weighted by Gasteiger charge is 2.25. The molecule has 2 aromatic rings. The fourth-order valence-electron chi connectivity index (χ4n) is 2.69. The second-order valence-electron chi connectivity index (χ2n) is 6.02. The fourth-order valence-corrected chi connectivity index (χ4v) is 2.69. The molecule has 0 spiro atoms. The van der Waals surface area contributed by atoms with Crippen molar-refractivity contribution >= 4 is 23.2 Å². The highest BCUT2D eigenvalue weighted by atomic mass is 16.2. The second kappa shape index (κ2) is 8.29. The van der Waals surface area contributed by atoms with Crippen LogP contribution in [0, 0.1) is 5.92 Å². The van der Waals surface area contributed by atoms with Crippen LogP contribution in [0.2, 0.25) is 0 Å². The molecule has 0 aliphatic rings. The third kappa shape index (κ3) is 4.69. The smallest absolute Gasteiger partial charge is 0.232 e. The number of anilines is 2. The predicted molar refractivity (Wildman–Crippen MR) is 98.0 cm³/mol. The fraction of sp³-hybridized carbons (Fsp3) is 0.300. The van der Waals surface area contributed by atoms with E-state index in [0.717, 1.165) is 17.7 Å². The zero-order valence-corrected chi connectivity index (χ0v) is 14.4. The van der Waals surface area contributed by atoms with Crippen LogP contribution >= 0.6 is 0 Å². The predicted octanol–water partition coefficient (Wildman–Crippen LogP) is 4.41. The molecule has 2 atom stereocenters. The van der Waals surface area contributed by atoms with Gasteiger partial charge in [-0.1, -0.05) is 50.6 Å². The van der Waals surface area contributed by atoms with E-state index in [1.165, 1.54) is 6.92 Å². The zero-order valence-electron chi connectivity index (χ0n) is 14.4. The van der Waals surface area contributed by atoms with E-state index in [0.29, 0.717) is 5.69 Å². The topological polar surface area (TPSA) is 58.2 Å². The quantitative estimate of drug-likeness (QED) is 0.826. The minimum absolute atomic E-state index is 0.0113.